The van der Waals surface area contributed by atoms with Crippen molar-refractivity contribution in [2.24, 2.45) is 0 Å². The highest BCUT2D eigenvalue weighted by atomic mass is 79.9. The first-order chi connectivity index (χ1) is 7.63. The first kappa shape index (κ1) is 13.0. The van der Waals surface area contributed by atoms with Crippen molar-refractivity contribution in [1.29, 1.82) is 0 Å². The van der Waals surface area contributed by atoms with E-state index in [1.54, 1.807) is 6.07 Å². The monoisotopic (exact) mass is 290 g/mol. The number of carbonyl (C=O) groups excluding carboxylic acids is 1. The Kier molecular flexibility index (Phi) is 5.25. The molecule has 0 spiro atoms. The van der Waals surface area contributed by atoms with Gasteiger partial charge < -0.3 is 9.47 Å². The molecule has 0 aromatic heterocycles. The molecule has 0 saturated heterocycles. The summed E-state index contributed by atoms with van der Waals surface area (Å²) in [6.07, 6.45) is 0.775. The van der Waals surface area contributed by atoms with Gasteiger partial charge in [-0.2, -0.15) is 0 Å². The summed E-state index contributed by atoms with van der Waals surface area (Å²) < 4.78 is 23.6. The van der Waals surface area contributed by atoms with Crippen molar-refractivity contribution in [2.45, 2.75) is 12.8 Å². The molecule has 0 aliphatic carbocycles. The van der Waals surface area contributed by atoms with E-state index in [2.05, 4.69) is 20.7 Å². The van der Waals surface area contributed by atoms with Gasteiger partial charge in [0, 0.05) is 10.9 Å². The molecule has 88 valence electrons. The van der Waals surface area contributed by atoms with Crippen LogP contribution in [-0.2, 0) is 9.53 Å². The molecule has 16 heavy (non-hydrogen) atoms. The predicted octanol–water partition coefficient (Wildman–Crippen LogP) is 2.92. The van der Waals surface area contributed by atoms with Crippen LogP contribution in [-0.4, -0.2) is 19.7 Å². The fourth-order valence-electron chi connectivity index (χ4n) is 1.09. The summed E-state index contributed by atoms with van der Waals surface area (Å²) in [4.78, 5) is 10.8. The molecule has 1 aromatic carbocycles. The van der Waals surface area contributed by atoms with Crippen LogP contribution in [0.3, 0.4) is 0 Å². The van der Waals surface area contributed by atoms with Crippen LogP contribution in [0.1, 0.15) is 12.8 Å². The van der Waals surface area contributed by atoms with Crippen LogP contribution >= 0.6 is 15.9 Å². The van der Waals surface area contributed by atoms with Gasteiger partial charge in [-0.1, -0.05) is 15.9 Å². The Labute approximate surface area is 102 Å². The minimum Gasteiger partial charge on any atom is -0.491 e. The third kappa shape index (κ3) is 4.18. The average Bonchev–Trinajstić information content (AvgIpc) is 2.26. The van der Waals surface area contributed by atoms with E-state index in [0.29, 0.717) is 10.9 Å². The number of rotatable bonds is 5. The lowest BCUT2D eigenvalue weighted by molar-refractivity contribution is -0.140. The summed E-state index contributed by atoms with van der Waals surface area (Å²) in [5.41, 5.74) is 0. The van der Waals surface area contributed by atoms with Gasteiger partial charge in [0.25, 0.3) is 0 Å². The molecule has 0 N–H and O–H groups in total. The second-order valence-electron chi connectivity index (χ2n) is 3.10. The summed E-state index contributed by atoms with van der Waals surface area (Å²) in [6.45, 7) is 0.285. The third-order valence-electron chi connectivity index (χ3n) is 1.90. The van der Waals surface area contributed by atoms with Crippen LogP contribution in [0, 0.1) is 5.82 Å². The largest absolute Gasteiger partial charge is 0.491 e. The van der Waals surface area contributed by atoms with Crippen LogP contribution in [0.5, 0.6) is 5.75 Å². The van der Waals surface area contributed by atoms with Gasteiger partial charge in [0.15, 0.2) is 11.6 Å². The Hall–Kier alpha value is -1.10. The van der Waals surface area contributed by atoms with E-state index < -0.39 is 5.82 Å². The molecular formula is C11H12BrFO3. The molecule has 0 fully saturated rings. The smallest absolute Gasteiger partial charge is 0.305 e. The van der Waals surface area contributed by atoms with Crippen molar-refractivity contribution in [1.82, 2.24) is 0 Å². The Balaban J connectivity index is 2.35. The molecule has 0 heterocycles. The number of hydrogen-bond acceptors (Lipinski definition) is 3. The van der Waals surface area contributed by atoms with Crippen LogP contribution in [0.2, 0.25) is 0 Å². The Morgan fingerprint density at radius 3 is 2.88 bits per heavy atom. The molecule has 0 atom stereocenters. The maximum absolute atomic E-state index is 13.3. The number of esters is 1. The maximum atomic E-state index is 13.3. The van der Waals surface area contributed by atoms with E-state index in [0.717, 1.165) is 0 Å². The highest BCUT2D eigenvalue weighted by Gasteiger charge is 2.04. The van der Waals surface area contributed by atoms with E-state index in [1.165, 1.54) is 19.2 Å². The Morgan fingerprint density at radius 2 is 2.25 bits per heavy atom. The summed E-state index contributed by atoms with van der Waals surface area (Å²) in [5, 5.41) is 0. The average molecular weight is 291 g/mol. The van der Waals surface area contributed by atoms with E-state index in [9.17, 15) is 9.18 Å². The number of benzene rings is 1. The van der Waals surface area contributed by atoms with Crippen molar-refractivity contribution in [3.63, 3.8) is 0 Å². The Morgan fingerprint density at radius 1 is 1.50 bits per heavy atom. The summed E-state index contributed by atoms with van der Waals surface area (Å²) >= 11 is 3.15. The Bertz CT molecular complexity index is 368. The van der Waals surface area contributed by atoms with Crippen molar-refractivity contribution in [3.05, 3.63) is 28.5 Å². The quantitative estimate of drug-likeness (QED) is 0.618. The molecule has 0 aliphatic rings. The first-order valence-electron chi connectivity index (χ1n) is 4.78. The van der Waals surface area contributed by atoms with E-state index in [-0.39, 0.29) is 24.7 Å². The van der Waals surface area contributed by atoms with Crippen LogP contribution < -0.4 is 4.74 Å². The first-order valence-corrected chi connectivity index (χ1v) is 5.57. The summed E-state index contributed by atoms with van der Waals surface area (Å²) in [7, 11) is 1.33. The van der Waals surface area contributed by atoms with Gasteiger partial charge in [0.05, 0.1) is 13.7 Å². The lowest BCUT2D eigenvalue weighted by Gasteiger charge is -2.06. The lowest BCUT2D eigenvalue weighted by atomic mass is 10.3. The molecule has 0 bridgehead atoms. The zero-order chi connectivity index (χ0) is 12.0. The summed E-state index contributed by atoms with van der Waals surface area (Å²) in [5.74, 6) is -0.527. The van der Waals surface area contributed by atoms with Crippen molar-refractivity contribution in [3.8, 4) is 5.75 Å². The number of methoxy groups -OCH3 is 1. The molecule has 3 nitrogen and oxygen atoms in total. The third-order valence-corrected chi connectivity index (χ3v) is 2.40. The van der Waals surface area contributed by atoms with Gasteiger partial charge in [-0.3, -0.25) is 4.79 Å². The van der Waals surface area contributed by atoms with Gasteiger partial charge >= 0.3 is 5.97 Å². The normalized spacial score (nSPS) is 9.94. The highest BCUT2D eigenvalue weighted by molar-refractivity contribution is 9.10. The van der Waals surface area contributed by atoms with Gasteiger partial charge in [-0.25, -0.2) is 4.39 Å². The van der Waals surface area contributed by atoms with Crippen LogP contribution in [0.25, 0.3) is 0 Å². The van der Waals surface area contributed by atoms with Crippen LogP contribution in [0.15, 0.2) is 22.7 Å². The molecule has 0 amide bonds. The molecule has 1 rings (SSSR count). The molecule has 1 aromatic rings. The maximum Gasteiger partial charge on any atom is 0.305 e. The zero-order valence-electron chi connectivity index (χ0n) is 8.83. The van der Waals surface area contributed by atoms with Gasteiger partial charge in [-0.05, 0) is 24.6 Å². The second kappa shape index (κ2) is 6.48. The van der Waals surface area contributed by atoms with Crippen molar-refractivity contribution >= 4 is 21.9 Å². The topological polar surface area (TPSA) is 35.5 Å². The van der Waals surface area contributed by atoms with E-state index in [4.69, 9.17) is 4.74 Å². The van der Waals surface area contributed by atoms with E-state index >= 15 is 0 Å². The lowest BCUT2D eigenvalue weighted by Crippen LogP contribution is -2.05. The standard InChI is InChI=1S/C11H12BrFO3/c1-15-11(14)3-2-6-16-10-5-4-8(12)7-9(10)13/h4-5,7H,2-3,6H2,1H3. The van der Waals surface area contributed by atoms with Crippen LogP contribution in [0.4, 0.5) is 4.39 Å². The number of halogens is 2. The number of carbonyl (C=O) groups is 1. The number of hydrogen-bond donors (Lipinski definition) is 0. The predicted molar refractivity (Wildman–Crippen MR) is 60.8 cm³/mol. The number of ether oxygens (including phenoxy) is 2. The molecule has 5 heteroatoms. The molecule has 0 aliphatic heterocycles. The minimum absolute atomic E-state index is 0.188. The van der Waals surface area contributed by atoms with Gasteiger partial charge in [0.2, 0.25) is 0 Å². The fourth-order valence-corrected chi connectivity index (χ4v) is 1.43. The van der Waals surface area contributed by atoms with Gasteiger partial charge in [-0.15, -0.1) is 0 Å². The molecular weight excluding hydrogens is 279 g/mol. The highest BCUT2D eigenvalue weighted by Crippen LogP contribution is 2.21. The second-order valence-corrected chi connectivity index (χ2v) is 4.02. The molecule has 0 unspecified atom stereocenters. The van der Waals surface area contributed by atoms with Gasteiger partial charge in [0.1, 0.15) is 0 Å². The van der Waals surface area contributed by atoms with Crippen molar-refractivity contribution < 1.29 is 18.7 Å². The fraction of sp³-hybridized carbons (Fsp3) is 0.364. The summed E-state index contributed by atoms with van der Waals surface area (Å²) in [6, 6.07) is 4.56. The minimum atomic E-state index is -0.424. The SMILES string of the molecule is COC(=O)CCCOc1ccc(Br)cc1F. The zero-order valence-corrected chi connectivity index (χ0v) is 10.4. The molecule has 0 saturated carbocycles. The molecule has 0 radical (unpaired) electrons. The van der Waals surface area contributed by atoms with Crippen molar-refractivity contribution in [2.75, 3.05) is 13.7 Å². The van der Waals surface area contributed by atoms with E-state index in [1.807, 2.05) is 0 Å².